The molecule has 0 atom stereocenters. The number of halogens is 1. The molecule has 0 aliphatic heterocycles. The molecule has 23 heavy (non-hydrogen) atoms. The van der Waals surface area contributed by atoms with Crippen molar-refractivity contribution in [3.63, 3.8) is 0 Å². The van der Waals surface area contributed by atoms with Crippen molar-refractivity contribution < 1.29 is 4.79 Å². The van der Waals surface area contributed by atoms with Crippen molar-refractivity contribution >= 4 is 45.7 Å². The summed E-state index contributed by atoms with van der Waals surface area (Å²) in [5.74, 6) is 0.284. The summed E-state index contributed by atoms with van der Waals surface area (Å²) >= 11 is 7.68. The van der Waals surface area contributed by atoms with E-state index >= 15 is 0 Å². The van der Waals surface area contributed by atoms with Gasteiger partial charge in [0.1, 0.15) is 0 Å². The topological polar surface area (TPSA) is 29.1 Å². The molecule has 3 aromatic carbocycles. The summed E-state index contributed by atoms with van der Waals surface area (Å²) in [5, 5.41) is 5.78. The van der Waals surface area contributed by atoms with Crippen LogP contribution in [0.2, 0.25) is 5.02 Å². The van der Waals surface area contributed by atoms with Gasteiger partial charge in [-0.15, -0.1) is 11.8 Å². The quantitative estimate of drug-likeness (QED) is 0.632. The van der Waals surface area contributed by atoms with E-state index in [-0.39, 0.29) is 5.91 Å². The van der Waals surface area contributed by atoms with E-state index in [9.17, 15) is 4.79 Å². The molecule has 3 rings (SSSR count). The number of aryl methyl sites for hydroxylation is 1. The Hall–Kier alpha value is -1.97. The normalized spacial score (nSPS) is 10.7. The highest BCUT2D eigenvalue weighted by Gasteiger charge is 2.08. The fraction of sp³-hybridized carbons (Fsp3) is 0.105. The Bertz CT molecular complexity index is 858. The number of nitrogens with one attached hydrogen (secondary N) is 1. The Morgan fingerprint density at radius 1 is 1.09 bits per heavy atom. The van der Waals surface area contributed by atoms with Crippen molar-refractivity contribution in [1.82, 2.24) is 0 Å². The monoisotopic (exact) mass is 341 g/mol. The zero-order chi connectivity index (χ0) is 16.2. The number of anilines is 1. The van der Waals surface area contributed by atoms with Crippen LogP contribution in [0, 0.1) is 6.92 Å². The number of amides is 1. The van der Waals surface area contributed by atoms with Gasteiger partial charge in [0.15, 0.2) is 0 Å². The molecule has 3 aromatic rings. The van der Waals surface area contributed by atoms with Gasteiger partial charge in [0, 0.05) is 4.90 Å². The summed E-state index contributed by atoms with van der Waals surface area (Å²) in [4.78, 5) is 13.3. The van der Waals surface area contributed by atoms with Crippen LogP contribution in [0.15, 0.2) is 65.6 Å². The van der Waals surface area contributed by atoms with Gasteiger partial charge in [-0.3, -0.25) is 4.79 Å². The lowest BCUT2D eigenvalue weighted by Crippen LogP contribution is -2.14. The molecule has 0 heterocycles. The second-order valence-corrected chi connectivity index (χ2v) is 6.72. The lowest BCUT2D eigenvalue weighted by Gasteiger charge is -2.09. The van der Waals surface area contributed by atoms with Crippen LogP contribution in [0.1, 0.15) is 5.56 Å². The first kappa shape index (κ1) is 15.9. The van der Waals surface area contributed by atoms with Crippen LogP contribution in [-0.4, -0.2) is 11.7 Å². The lowest BCUT2D eigenvalue weighted by atomic mass is 10.1. The molecule has 2 nitrogen and oxygen atoms in total. The minimum absolute atomic E-state index is 0.0614. The third kappa shape index (κ3) is 3.87. The first-order valence-corrected chi connectivity index (χ1v) is 8.66. The second-order valence-electron chi connectivity index (χ2n) is 5.30. The van der Waals surface area contributed by atoms with Gasteiger partial charge in [0.2, 0.25) is 5.91 Å². The van der Waals surface area contributed by atoms with Crippen molar-refractivity contribution in [3.8, 4) is 0 Å². The molecule has 0 fully saturated rings. The molecular formula is C19H16ClNOS. The summed E-state index contributed by atoms with van der Waals surface area (Å²) in [6.07, 6.45) is 0. The maximum absolute atomic E-state index is 12.2. The van der Waals surface area contributed by atoms with E-state index in [0.717, 1.165) is 10.5 Å². The Labute approximate surface area is 144 Å². The van der Waals surface area contributed by atoms with Crippen molar-refractivity contribution in [2.24, 2.45) is 0 Å². The standard InChI is InChI=1S/C19H16ClNOS/c1-13-9-10-17(16(20)11-13)21-19(22)12-23-18-8-4-6-14-5-2-3-7-15(14)18/h2-11H,12H2,1H3,(H,21,22). The van der Waals surface area contributed by atoms with Crippen LogP contribution in [-0.2, 0) is 4.79 Å². The fourth-order valence-electron chi connectivity index (χ4n) is 2.37. The summed E-state index contributed by atoms with van der Waals surface area (Å²) in [5.41, 5.74) is 1.72. The van der Waals surface area contributed by atoms with E-state index in [1.165, 1.54) is 22.5 Å². The highest BCUT2D eigenvalue weighted by atomic mass is 35.5. The number of thioether (sulfide) groups is 1. The Morgan fingerprint density at radius 3 is 2.70 bits per heavy atom. The van der Waals surface area contributed by atoms with Gasteiger partial charge in [-0.2, -0.15) is 0 Å². The van der Waals surface area contributed by atoms with Gasteiger partial charge < -0.3 is 5.32 Å². The number of benzene rings is 3. The maximum Gasteiger partial charge on any atom is 0.234 e. The SMILES string of the molecule is Cc1ccc(NC(=O)CSc2cccc3ccccc23)c(Cl)c1. The molecule has 0 radical (unpaired) electrons. The average Bonchev–Trinajstić information content (AvgIpc) is 2.55. The molecule has 0 saturated carbocycles. The number of hydrogen-bond donors (Lipinski definition) is 1. The molecule has 0 spiro atoms. The summed E-state index contributed by atoms with van der Waals surface area (Å²) in [6, 6.07) is 19.9. The van der Waals surface area contributed by atoms with E-state index in [1.54, 1.807) is 0 Å². The lowest BCUT2D eigenvalue weighted by molar-refractivity contribution is -0.113. The molecular weight excluding hydrogens is 326 g/mol. The molecule has 1 amide bonds. The predicted octanol–water partition coefficient (Wildman–Crippen LogP) is 5.53. The van der Waals surface area contributed by atoms with E-state index in [4.69, 9.17) is 11.6 Å². The first-order chi connectivity index (χ1) is 11.1. The third-order valence-corrected chi connectivity index (χ3v) is 4.89. The molecule has 0 bridgehead atoms. The Balaban J connectivity index is 1.69. The molecule has 116 valence electrons. The highest BCUT2D eigenvalue weighted by Crippen LogP contribution is 2.28. The second kappa shape index (κ2) is 7.07. The summed E-state index contributed by atoms with van der Waals surface area (Å²) in [7, 11) is 0. The Kier molecular flexibility index (Phi) is 4.89. The third-order valence-electron chi connectivity index (χ3n) is 3.51. The first-order valence-electron chi connectivity index (χ1n) is 7.30. The smallest absolute Gasteiger partial charge is 0.234 e. The van der Waals surface area contributed by atoms with Gasteiger partial charge in [0.05, 0.1) is 16.5 Å². The van der Waals surface area contributed by atoms with Crippen molar-refractivity contribution in [2.75, 3.05) is 11.1 Å². The van der Waals surface area contributed by atoms with Gasteiger partial charge in [-0.1, -0.05) is 54.1 Å². The zero-order valence-electron chi connectivity index (χ0n) is 12.7. The average molecular weight is 342 g/mol. The van der Waals surface area contributed by atoms with Crippen molar-refractivity contribution in [1.29, 1.82) is 0 Å². The van der Waals surface area contributed by atoms with Crippen LogP contribution in [0.5, 0.6) is 0 Å². The molecule has 0 saturated heterocycles. The number of carbonyl (C=O) groups is 1. The number of hydrogen-bond acceptors (Lipinski definition) is 2. The van der Waals surface area contributed by atoms with E-state index in [2.05, 4.69) is 23.5 Å². The number of carbonyl (C=O) groups excluding carboxylic acids is 1. The van der Waals surface area contributed by atoms with Crippen molar-refractivity contribution in [2.45, 2.75) is 11.8 Å². The van der Waals surface area contributed by atoms with Gasteiger partial charge >= 0.3 is 0 Å². The van der Waals surface area contributed by atoms with Crippen LogP contribution in [0.4, 0.5) is 5.69 Å². The van der Waals surface area contributed by atoms with Gasteiger partial charge in [-0.05, 0) is 41.5 Å². The van der Waals surface area contributed by atoms with Gasteiger partial charge in [-0.25, -0.2) is 0 Å². The largest absolute Gasteiger partial charge is 0.324 e. The van der Waals surface area contributed by atoms with Crippen LogP contribution < -0.4 is 5.32 Å². The summed E-state index contributed by atoms with van der Waals surface area (Å²) in [6.45, 7) is 1.97. The zero-order valence-corrected chi connectivity index (χ0v) is 14.2. The maximum atomic E-state index is 12.2. The summed E-state index contributed by atoms with van der Waals surface area (Å²) < 4.78 is 0. The molecule has 0 aliphatic rings. The number of rotatable bonds is 4. The molecule has 1 N–H and O–H groups in total. The van der Waals surface area contributed by atoms with Crippen LogP contribution >= 0.6 is 23.4 Å². The van der Waals surface area contributed by atoms with E-state index in [0.29, 0.717) is 16.5 Å². The van der Waals surface area contributed by atoms with Crippen molar-refractivity contribution in [3.05, 3.63) is 71.2 Å². The predicted molar refractivity (Wildman–Crippen MR) is 99.5 cm³/mol. The number of fused-ring (bicyclic) bond motifs is 1. The molecule has 4 heteroatoms. The molecule has 0 aliphatic carbocycles. The molecule has 0 aromatic heterocycles. The minimum atomic E-state index is -0.0614. The Morgan fingerprint density at radius 2 is 1.87 bits per heavy atom. The van der Waals surface area contributed by atoms with Crippen LogP contribution in [0.3, 0.4) is 0 Å². The molecule has 0 unspecified atom stereocenters. The van der Waals surface area contributed by atoms with Crippen LogP contribution in [0.25, 0.3) is 10.8 Å². The fourth-order valence-corrected chi connectivity index (χ4v) is 3.53. The minimum Gasteiger partial charge on any atom is -0.324 e. The highest BCUT2D eigenvalue weighted by molar-refractivity contribution is 8.00. The van der Waals surface area contributed by atoms with E-state index < -0.39 is 0 Å². The van der Waals surface area contributed by atoms with E-state index in [1.807, 2.05) is 49.4 Å². The van der Waals surface area contributed by atoms with Gasteiger partial charge in [0.25, 0.3) is 0 Å².